The van der Waals surface area contributed by atoms with E-state index in [1.165, 1.54) is 23.1 Å². The summed E-state index contributed by atoms with van der Waals surface area (Å²) in [4.78, 5) is 24.5. The highest BCUT2D eigenvalue weighted by Crippen LogP contribution is 2.23. The Bertz CT molecular complexity index is 509. The molecular weight excluding hydrogens is 268 g/mol. The maximum atomic E-state index is 12.4. The lowest BCUT2D eigenvalue weighted by molar-refractivity contribution is -0.138. The quantitative estimate of drug-likeness (QED) is 0.834. The number of aliphatic carboxylic acids is 1. The molecule has 1 amide bonds. The molecule has 0 aliphatic carbocycles. The van der Waals surface area contributed by atoms with Gasteiger partial charge in [0.05, 0.1) is 10.7 Å². The van der Waals surface area contributed by atoms with E-state index in [4.69, 9.17) is 22.4 Å². The van der Waals surface area contributed by atoms with Crippen molar-refractivity contribution in [1.29, 1.82) is 0 Å². The van der Waals surface area contributed by atoms with Gasteiger partial charge in [-0.15, -0.1) is 0 Å². The van der Waals surface area contributed by atoms with Crippen LogP contribution in [-0.4, -0.2) is 34.0 Å². The van der Waals surface area contributed by atoms with Gasteiger partial charge in [0.2, 0.25) is 0 Å². The van der Waals surface area contributed by atoms with Crippen LogP contribution in [0.1, 0.15) is 31.1 Å². The molecule has 0 aliphatic rings. The minimum Gasteiger partial charge on any atom is -0.480 e. The summed E-state index contributed by atoms with van der Waals surface area (Å²) in [5.41, 5.74) is 5.66. The van der Waals surface area contributed by atoms with Gasteiger partial charge in [0.1, 0.15) is 6.54 Å². The molecular formula is C13H17ClN2O3. The number of nitrogen functional groups attached to an aromatic ring is 1. The Morgan fingerprint density at radius 3 is 2.37 bits per heavy atom. The third-order valence-electron chi connectivity index (χ3n) is 2.60. The molecule has 5 nitrogen and oxygen atoms in total. The Morgan fingerprint density at radius 2 is 1.95 bits per heavy atom. The van der Waals surface area contributed by atoms with Gasteiger partial charge in [0, 0.05) is 11.1 Å². The smallest absolute Gasteiger partial charge is 0.323 e. The van der Waals surface area contributed by atoms with Gasteiger partial charge < -0.3 is 15.7 Å². The van der Waals surface area contributed by atoms with Crippen molar-refractivity contribution in [3.8, 4) is 0 Å². The Balaban J connectivity index is 3.12. The second-order valence-corrected chi connectivity index (χ2v) is 5.60. The van der Waals surface area contributed by atoms with E-state index in [9.17, 15) is 9.59 Å². The van der Waals surface area contributed by atoms with Crippen molar-refractivity contribution in [1.82, 2.24) is 4.90 Å². The Kier molecular flexibility index (Phi) is 4.42. The van der Waals surface area contributed by atoms with Crippen molar-refractivity contribution >= 4 is 29.2 Å². The lowest BCUT2D eigenvalue weighted by Gasteiger charge is -2.34. The lowest BCUT2D eigenvalue weighted by atomic mass is 10.0. The third-order valence-corrected chi connectivity index (χ3v) is 2.92. The van der Waals surface area contributed by atoms with Crippen molar-refractivity contribution in [3.63, 3.8) is 0 Å². The molecule has 19 heavy (non-hydrogen) atoms. The summed E-state index contributed by atoms with van der Waals surface area (Å²) in [6, 6.07) is 4.50. The molecule has 3 N–H and O–H groups in total. The Labute approximate surface area is 117 Å². The van der Waals surface area contributed by atoms with E-state index in [0.717, 1.165) is 0 Å². The molecule has 0 bridgehead atoms. The summed E-state index contributed by atoms with van der Waals surface area (Å²) in [6.45, 7) is 4.94. The zero-order valence-corrected chi connectivity index (χ0v) is 11.9. The van der Waals surface area contributed by atoms with Gasteiger partial charge in [0.25, 0.3) is 5.91 Å². The van der Waals surface area contributed by atoms with Gasteiger partial charge in [-0.2, -0.15) is 0 Å². The predicted molar refractivity (Wildman–Crippen MR) is 74.3 cm³/mol. The van der Waals surface area contributed by atoms with Crippen molar-refractivity contribution < 1.29 is 14.7 Å². The van der Waals surface area contributed by atoms with Gasteiger partial charge in [0.15, 0.2) is 0 Å². The number of nitrogens with two attached hydrogens (primary N) is 1. The van der Waals surface area contributed by atoms with E-state index in [1.54, 1.807) is 20.8 Å². The van der Waals surface area contributed by atoms with Crippen molar-refractivity contribution in [2.45, 2.75) is 26.3 Å². The number of hydrogen-bond acceptors (Lipinski definition) is 3. The van der Waals surface area contributed by atoms with E-state index in [0.29, 0.717) is 11.3 Å². The van der Waals surface area contributed by atoms with Gasteiger partial charge >= 0.3 is 5.97 Å². The fraction of sp³-hybridized carbons (Fsp3) is 0.385. The maximum Gasteiger partial charge on any atom is 0.323 e. The number of carboxylic acid groups (broad SMARTS) is 1. The van der Waals surface area contributed by atoms with E-state index in [2.05, 4.69) is 0 Å². The molecule has 0 aliphatic heterocycles. The van der Waals surface area contributed by atoms with Gasteiger partial charge in [-0.1, -0.05) is 11.6 Å². The van der Waals surface area contributed by atoms with Crippen LogP contribution in [0.4, 0.5) is 5.69 Å². The Hall–Kier alpha value is -1.75. The molecule has 1 aromatic rings. The number of anilines is 1. The number of rotatable bonds is 3. The van der Waals surface area contributed by atoms with E-state index in [1.807, 2.05) is 0 Å². The van der Waals surface area contributed by atoms with E-state index < -0.39 is 17.4 Å². The minimum atomic E-state index is -1.06. The number of hydrogen-bond donors (Lipinski definition) is 2. The number of carbonyl (C=O) groups excluding carboxylic acids is 1. The molecule has 0 fully saturated rings. The van der Waals surface area contributed by atoms with Crippen LogP contribution in [0.2, 0.25) is 5.02 Å². The SMILES string of the molecule is CC(C)(C)N(CC(=O)O)C(=O)c1ccc(N)c(Cl)c1. The summed E-state index contributed by atoms with van der Waals surface area (Å²) in [7, 11) is 0. The number of carbonyl (C=O) groups is 2. The normalized spacial score (nSPS) is 11.2. The third kappa shape index (κ3) is 3.86. The molecule has 0 aromatic heterocycles. The highest BCUT2D eigenvalue weighted by molar-refractivity contribution is 6.33. The number of amides is 1. The van der Waals surface area contributed by atoms with Crippen LogP contribution in [0.3, 0.4) is 0 Å². The fourth-order valence-corrected chi connectivity index (χ4v) is 1.75. The number of halogens is 1. The topological polar surface area (TPSA) is 83.6 Å². The molecule has 6 heteroatoms. The molecule has 104 valence electrons. The van der Waals surface area contributed by atoms with Crippen LogP contribution < -0.4 is 5.73 Å². The molecule has 1 rings (SSSR count). The van der Waals surface area contributed by atoms with Crippen LogP contribution in [0, 0.1) is 0 Å². The lowest BCUT2D eigenvalue weighted by Crippen LogP contribution is -2.48. The molecule has 1 aromatic carbocycles. The predicted octanol–water partition coefficient (Wildman–Crippen LogP) is 2.25. The first-order valence-electron chi connectivity index (χ1n) is 5.71. The van der Waals surface area contributed by atoms with Crippen LogP contribution in [0.5, 0.6) is 0 Å². The summed E-state index contributed by atoms with van der Waals surface area (Å²) < 4.78 is 0. The largest absolute Gasteiger partial charge is 0.480 e. The standard InChI is InChI=1S/C13H17ClN2O3/c1-13(2,3)16(7-11(17)18)12(19)8-4-5-10(15)9(14)6-8/h4-6H,7,15H2,1-3H3,(H,17,18). The summed E-state index contributed by atoms with van der Waals surface area (Å²) in [5, 5.41) is 9.17. The first-order valence-corrected chi connectivity index (χ1v) is 6.09. The molecule has 0 saturated carbocycles. The summed E-state index contributed by atoms with van der Waals surface area (Å²) in [6.07, 6.45) is 0. The van der Waals surface area contributed by atoms with E-state index >= 15 is 0 Å². The monoisotopic (exact) mass is 284 g/mol. The maximum absolute atomic E-state index is 12.4. The Morgan fingerprint density at radius 1 is 1.37 bits per heavy atom. The van der Waals surface area contributed by atoms with Crippen LogP contribution in [-0.2, 0) is 4.79 Å². The zero-order chi connectivity index (χ0) is 14.8. The fourth-order valence-electron chi connectivity index (χ4n) is 1.56. The van der Waals surface area contributed by atoms with Crippen LogP contribution >= 0.6 is 11.6 Å². The number of benzene rings is 1. The first-order chi connectivity index (χ1) is 8.62. The van der Waals surface area contributed by atoms with Gasteiger partial charge in [-0.3, -0.25) is 9.59 Å². The van der Waals surface area contributed by atoms with Crippen LogP contribution in [0.25, 0.3) is 0 Å². The first kappa shape index (κ1) is 15.3. The number of nitrogens with zero attached hydrogens (tertiary/aromatic N) is 1. The molecule has 0 atom stereocenters. The molecule has 0 radical (unpaired) electrons. The molecule has 0 spiro atoms. The highest BCUT2D eigenvalue weighted by atomic mass is 35.5. The van der Waals surface area contributed by atoms with Gasteiger partial charge in [-0.25, -0.2) is 0 Å². The number of carboxylic acids is 1. The van der Waals surface area contributed by atoms with Crippen molar-refractivity contribution in [2.24, 2.45) is 0 Å². The van der Waals surface area contributed by atoms with Crippen molar-refractivity contribution in [2.75, 3.05) is 12.3 Å². The summed E-state index contributed by atoms with van der Waals surface area (Å²) >= 11 is 5.87. The average molecular weight is 285 g/mol. The second kappa shape index (κ2) is 5.48. The van der Waals surface area contributed by atoms with Crippen molar-refractivity contribution in [3.05, 3.63) is 28.8 Å². The second-order valence-electron chi connectivity index (χ2n) is 5.19. The molecule has 0 saturated heterocycles. The van der Waals surface area contributed by atoms with Gasteiger partial charge in [-0.05, 0) is 39.0 Å². The minimum absolute atomic E-state index is 0.273. The van der Waals surface area contributed by atoms with E-state index in [-0.39, 0.29) is 11.6 Å². The zero-order valence-electron chi connectivity index (χ0n) is 11.1. The molecule has 0 heterocycles. The average Bonchev–Trinajstić information content (AvgIpc) is 2.27. The molecule has 0 unspecified atom stereocenters. The van der Waals surface area contributed by atoms with Crippen LogP contribution in [0.15, 0.2) is 18.2 Å². The highest BCUT2D eigenvalue weighted by Gasteiger charge is 2.29. The summed E-state index contributed by atoms with van der Waals surface area (Å²) in [5.74, 6) is -1.46.